The molecule has 1 heterocycles. The summed E-state index contributed by atoms with van der Waals surface area (Å²) in [5, 5.41) is 4.33. The summed E-state index contributed by atoms with van der Waals surface area (Å²) in [6.45, 7) is 7.09. The lowest BCUT2D eigenvalue weighted by molar-refractivity contribution is 0.870. The fraction of sp³-hybridized carbons (Fsp3) is 0.333. The van der Waals surface area contributed by atoms with Crippen LogP contribution in [-0.4, -0.2) is 16.5 Å². The molecule has 2 rings (SSSR count). The Bertz CT molecular complexity index is 602. The Morgan fingerprint density at radius 2 is 2.05 bits per heavy atom. The number of benzene rings is 1. The molecule has 1 N–H and O–H groups in total. The van der Waals surface area contributed by atoms with Gasteiger partial charge in [0.1, 0.15) is 16.7 Å². The molecule has 0 bridgehead atoms. The molecular weight excluding hydrogens is 334 g/mol. The minimum atomic E-state index is 0.838. The molecule has 0 aliphatic heterocycles. The van der Waals surface area contributed by atoms with Gasteiger partial charge in [0.25, 0.3) is 0 Å². The summed E-state index contributed by atoms with van der Waals surface area (Å²) in [6, 6.07) is 8.26. The molecule has 3 nitrogen and oxygen atoms in total. The molecule has 0 amide bonds. The third-order valence-electron chi connectivity index (χ3n) is 2.82. The van der Waals surface area contributed by atoms with Crippen molar-refractivity contribution in [3.8, 4) is 0 Å². The highest BCUT2D eigenvalue weighted by atomic mass is 79.9. The highest BCUT2D eigenvalue weighted by Gasteiger charge is 2.11. The van der Waals surface area contributed by atoms with Crippen molar-refractivity contribution in [2.75, 3.05) is 11.9 Å². The van der Waals surface area contributed by atoms with Gasteiger partial charge in [0.15, 0.2) is 0 Å². The van der Waals surface area contributed by atoms with Gasteiger partial charge < -0.3 is 5.32 Å². The van der Waals surface area contributed by atoms with Crippen LogP contribution in [0, 0.1) is 6.92 Å². The molecule has 1 aromatic carbocycles. The van der Waals surface area contributed by atoms with Gasteiger partial charge in [-0.15, -0.1) is 0 Å². The Hall–Kier alpha value is -1.07. The van der Waals surface area contributed by atoms with E-state index in [0.717, 1.165) is 39.7 Å². The van der Waals surface area contributed by atoms with Crippen LogP contribution in [0.25, 0.3) is 0 Å². The number of aryl methyl sites for hydroxylation is 1. The van der Waals surface area contributed by atoms with Crippen LogP contribution < -0.4 is 5.32 Å². The van der Waals surface area contributed by atoms with Crippen molar-refractivity contribution in [3.05, 3.63) is 40.1 Å². The summed E-state index contributed by atoms with van der Waals surface area (Å²) in [7, 11) is 0. The Kier molecular flexibility index (Phi) is 5.43. The second kappa shape index (κ2) is 7.09. The molecule has 0 aliphatic rings. The standard InChI is InChI=1S/C15H18BrN3S/c1-4-13-18-14(17-5-2)10(3)15(19-13)20-12-8-6-7-11(16)9-12/h6-9H,4-5H2,1-3H3,(H,17,18,19). The van der Waals surface area contributed by atoms with Crippen molar-refractivity contribution in [1.29, 1.82) is 0 Å². The molecule has 0 atom stereocenters. The first-order valence-electron chi connectivity index (χ1n) is 6.68. The lowest BCUT2D eigenvalue weighted by atomic mass is 10.3. The molecule has 0 aliphatic carbocycles. The normalized spacial score (nSPS) is 10.6. The van der Waals surface area contributed by atoms with Gasteiger partial charge in [0.05, 0.1) is 0 Å². The van der Waals surface area contributed by atoms with Gasteiger partial charge in [-0.25, -0.2) is 9.97 Å². The number of halogens is 1. The summed E-state index contributed by atoms with van der Waals surface area (Å²) in [4.78, 5) is 10.4. The van der Waals surface area contributed by atoms with E-state index in [1.54, 1.807) is 11.8 Å². The van der Waals surface area contributed by atoms with E-state index >= 15 is 0 Å². The van der Waals surface area contributed by atoms with E-state index in [1.165, 1.54) is 4.90 Å². The zero-order valence-electron chi connectivity index (χ0n) is 11.9. The topological polar surface area (TPSA) is 37.8 Å². The largest absolute Gasteiger partial charge is 0.370 e. The number of hydrogen-bond donors (Lipinski definition) is 1. The molecule has 0 radical (unpaired) electrons. The van der Waals surface area contributed by atoms with E-state index in [1.807, 2.05) is 12.1 Å². The predicted octanol–water partition coefficient (Wildman–Crippen LogP) is 4.69. The molecular formula is C15H18BrN3S. The van der Waals surface area contributed by atoms with Crippen molar-refractivity contribution in [2.45, 2.75) is 37.1 Å². The van der Waals surface area contributed by atoms with Crippen LogP contribution >= 0.6 is 27.7 Å². The molecule has 5 heteroatoms. The Labute approximate surface area is 132 Å². The van der Waals surface area contributed by atoms with Crippen molar-refractivity contribution in [3.63, 3.8) is 0 Å². The van der Waals surface area contributed by atoms with E-state index in [4.69, 9.17) is 0 Å². The van der Waals surface area contributed by atoms with Gasteiger partial charge in [-0.2, -0.15) is 0 Å². The minimum Gasteiger partial charge on any atom is -0.370 e. The Morgan fingerprint density at radius 3 is 2.70 bits per heavy atom. The van der Waals surface area contributed by atoms with Crippen LogP contribution in [-0.2, 0) is 6.42 Å². The van der Waals surface area contributed by atoms with Gasteiger partial charge in [0, 0.05) is 27.9 Å². The number of rotatable bonds is 5. The van der Waals surface area contributed by atoms with E-state index in [2.05, 4.69) is 64.1 Å². The molecule has 1 aromatic heterocycles. The van der Waals surface area contributed by atoms with E-state index in [-0.39, 0.29) is 0 Å². The number of hydrogen-bond acceptors (Lipinski definition) is 4. The van der Waals surface area contributed by atoms with Crippen molar-refractivity contribution >= 4 is 33.5 Å². The first kappa shape index (κ1) is 15.3. The second-order valence-electron chi connectivity index (χ2n) is 4.36. The average molecular weight is 352 g/mol. The van der Waals surface area contributed by atoms with Crippen LogP contribution in [0.3, 0.4) is 0 Å². The van der Waals surface area contributed by atoms with Crippen LogP contribution in [0.1, 0.15) is 25.2 Å². The first-order chi connectivity index (χ1) is 9.63. The Balaban J connectivity index is 2.37. The third kappa shape index (κ3) is 3.73. The smallest absolute Gasteiger partial charge is 0.133 e. The monoisotopic (exact) mass is 351 g/mol. The highest BCUT2D eigenvalue weighted by Crippen LogP contribution is 2.32. The number of anilines is 1. The maximum atomic E-state index is 4.66. The summed E-state index contributed by atoms with van der Waals surface area (Å²) in [6.07, 6.45) is 0.838. The summed E-state index contributed by atoms with van der Waals surface area (Å²) >= 11 is 5.18. The number of nitrogens with one attached hydrogen (secondary N) is 1. The number of aromatic nitrogens is 2. The second-order valence-corrected chi connectivity index (χ2v) is 6.34. The fourth-order valence-corrected chi connectivity index (χ4v) is 3.29. The van der Waals surface area contributed by atoms with Crippen LogP contribution in [0.4, 0.5) is 5.82 Å². The van der Waals surface area contributed by atoms with E-state index in [9.17, 15) is 0 Å². The average Bonchev–Trinajstić information content (AvgIpc) is 2.43. The van der Waals surface area contributed by atoms with Gasteiger partial charge in [-0.3, -0.25) is 0 Å². The highest BCUT2D eigenvalue weighted by molar-refractivity contribution is 9.10. The van der Waals surface area contributed by atoms with Gasteiger partial charge in [0.2, 0.25) is 0 Å². The SMILES string of the molecule is CCNc1nc(CC)nc(Sc2cccc(Br)c2)c1C. The van der Waals surface area contributed by atoms with Crippen LogP contribution in [0.2, 0.25) is 0 Å². The summed E-state index contributed by atoms with van der Waals surface area (Å²) in [5.74, 6) is 1.82. The molecule has 0 saturated carbocycles. The van der Waals surface area contributed by atoms with Crippen LogP contribution in [0.15, 0.2) is 38.7 Å². The molecule has 106 valence electrons. The zero-order chi connectivity index (χ0) is 14.5. The maximum Gasteiger partial charge on any atom is 0.133 e. The van der Waals surface area contributed by atoms with Gasteiger partial charge in [-0.1, -0.05) is 40.7 Å². The van der Waals surface area contributed by atoms with Crippen molar-refractivity contribution < 1.29 is 0 Å². The van der Waals surface area contributed by atoms with Gasteiger partial charge in [-0.05, 0) is 32.0 Å². The molecule has 0 spiro atoms. The van der Waals surface area contributed by atoms with Crippen LogP contribution in [0.5, 0.6) is 0 Å². The molecule has 0 fully saturated rings. The summed E-state index contributed by atoms with van der Waals surface area (Å²) in [5.41, 5.74) is 1.11. The fourth-order valence-electron chi connectivity index (χ4n) is 1.78. The predicted molar refractivity (Wildman–Crippen MR) is 88.6 cm³/mol. The number of nitrogens with zero attached hydrogens (tertiary/aromatic N) is 2. The summed E-state index contributed by atoms with van der Waals surface area (Å²) < 4.78 is 1.08. The van der Waals surface area contributed by atoms with Crippen molar-refractivity contribution in [2.24, 2.45) is 0 Å². The van der Waals surface area contributed by atoms with Crippen molar-refractivity contribution in [1.82, 2.24) is 9.97 Å². The lowest BCUT2D eigenvalue weighted by Gasteiger charge is -2.12. The molecule has 20 heavy (non-hydrogen) atoms. The van der Waals surface area contributed by atoms with Gasteiger partial charge >= 0.3 is 0 Å². The van der Waals surface area contributed by atoms with E-state index < -0.39 is 0 Å². The zero-order valence-corrected chi connectivity index (χ0v) is 14.3. The molecule has 2 aromatic rings. The Morgan fingerprint density at radius 1 is 1.25 bits per heavy atom. The maximum absolute atomic E-state index is 4.66. The first-order valence-corrected chi connectivity index (χ1v) is 8.29. The molecule has 0 saturated heterocycles. The quantitative estimate of drug-likeness (QED) is 0.792. The van der Waals surface area contributed by atoms with E-state index in [0.29, 0.717) is 0 Å². The lowest BCUT2D eigenvalue weighted by Crippen LogP contribution is -2.07. The third-order valence-corrected chi connectivity index (χ3v) is 4.39. The molecule has 0 unspecified atom stereocenters. The minimum absolute atomic E-state index is 0.838.